The highest BCUT2D eigenvalue weighted by Gasteiger charge is 2.23. The summed E-state index contributed by atoms with van der Waals surface area (Å²) in [6, 6.07) is 12.3. The van der Waals surface area contributed by atoms with Gasteiger partial charge in [-0.25, -0.2) is 4.39 Å². The number of halogens is 2. The van der Waals surface area contributed by atoms with Crippen LogP contribution in [0.4, 0.5) is 4.39 Å². The van der Waals surface area contributed by atoms with Crippen LogP contribution in [0.2, 0.25) is 5.02 Å². The number of carboxylic acid groups (broad SMARTS) is 1. The van der Waals surface area contributed by atoms with Crippen LogP contribution >= 0.6 is 11.6 Å². The topological polar surface area (TPSA) is 42.2 Å². The van der Waals surface area contributed by atoms with Gasteiger partial charge in [0.25, 0.3) is 0 Å². The molecule has 3 rings (SSSR count). The molecule has 26 heavy (non-hydrogen) atoms. The van der Waals surface area contributed by atoms with E-state index in [-0.39, 0.29) is 18.2 Å². The minimum absolute atomic E-state index is 0.0341. The number of carbonyl (C=O) groups is 1. The fraction of sp³-hybridized carbons (Fsp3) is 0.286. The molecule has 0 saturated carbocycles. The number of benzene rings is 2. The Morgan fingerprint density at radius 3 is 2.54 bits per heavy atom. The molecule has 1 N–H and O–H groups in total. The molecular formula is C21H21ClFNO2. The summed E-state index contributed by atoms with van der Waals surface area (Å²) in [5.74, 6) is -1.30. The van der Waals surface area contributed by atoms with E-state index in [4.69, 9.17) is 11.6 Å². The van der Waals surface area contributed by atoms with E-state index in [1.54, 1.807) is 12.1 Å². The number of hydrogen-bond donors (Lipinski definition) is 1. The predicted molar refractivity (Wildman–Crippen MR) is 102 cm³/mol. The molecule has 0 amide bonds. The van der Waals surface area contributed by atoms with Gasteiger partial charge < -0.3 is 9.67 Å². The monoisotopic (exact) mass is 373 g/mol. The van der Waals surface area contributed by atoms with E-state index in [1.165, 1.54) is 6.07 Å². The summed E-state index contributed by atoms with van der Waals surface area (Å²) in [6.45, 7) is 4.51. The van der Waals surface area contributed by atoms with Crippen molar-refractivity contribution in [2.45, 2.75) is 39.2 Å². The molecule has 1 unspecified atom stereocenters. The van der Waals surface area contributed by atoms with Crippen LogP contribution in [0.1, 0.15) is 43.0 Å². The van der Waals surface area contributed by atoms with Crippen LogP contribution in [0.15, 0.2) is 42.5 Å². The number of nitrogens with zero attached hydrogens (tertiary/aromatic N) is 1. The standard InChI is InChI=1S/C21H21ClFNO2/c1-3-17-18-11-16(23)8-9-19(18)24(21(17)13(2)10-20(25)26)12-14-4-6-15(22)7-5-14/h4-9,11,13H,3,10,12H2,1-2H3,(H,25,26). The third-order valence-corrected chi connectivity index (χ3v) is 4.98. The van der Waals surface area contributed by atoms with Crippen LogP contribution in [-0.2, 0) is 17.8 Å². The second-order valence-corrected chi connectivity index (χ2v) is 7.03. The molecule has 3 nitrogen and oxygen atoms in total. The second kappa shape index (κ2) is 7.50. The number of aryl methyl sites for hydroxylation is 1. The molecule has 0 aliphatic carbocycles. The van der Waals surface area contributed by atoms with Crippen molar-refractivity contribution in [2.24, 2.45) is 0 Å². The van der Waals surface area contributed by atoms with Crippen LogP contribution in [0.3, 0.4) is 0 Å². The van der Waals surface area contributed by atoms with E-state index in [1.807, 2.05) is 38.1 Å². The van der Waals surface area contributed by atoms with Crippen molar-refractivity contribution in [3.63, 3.8) is 0 Å². The molecular weight excluding hydrogens is 353 g/mol. The first-order valence-corrected chi connectivity index (χ1v) is 9.05. The van der Waals surface area contributed by atoms with Gasteiger partial charge in [0, 0.05) is 34.1 Å². The summed E-state index contributed by atoms with van der Waals surface area (Å²) < 4.78 is 16.0. The fourth-order valence-corrected chi connectivity index (χ4v) is 3.78. The Hall–Kier alpha value is -2.33. The molecule has 5 heteroatoms. The van der Waals surface area contributed by atoms with Gasteiger partial charge in [-0.15, -0.1) is 0 Å². The van der Waals surface area contributed by atoms with Crippen LogP contribution in [0.5, 0.6) is 0 Å². The molecule has 3 aromatic rings. The Bertz CT molecular complexity index is 947. The van der Waals surface area contributed by atoms with Gasteiger partial charge >= 0.3 is 5.97 Å². The Morgan fingerprint density at radius 2 is 1.92 bits per heavy atom. The maximum Gasteiger partial charge on any atom is 0.304 e. The SMILES string of the molecule is CCc1c(C(C)CC(=O)O)n(Cc2ccc(Cl)cc2)c2ccc(F)cc12. The summed E-state index contributed by atoms with van der Waals surface area (Å²) in [4.78, 5) is 11.3. The molecule has 0 radical (unpaired) electrons. The van der Waals surface area contributed by atoms with Crippen molar-refractivity contribution in [1.29, 1.82) is 0 Å². The molecule has 0 fully saturated rings. The largest absolute Gasteiger partial charge is 0.481 e. The van der Waals surface area contributed by atoms with E-state index in [2.05, 4.69) is 4.57 Å². The lowest BCUT2D eigenvalue weighted by atomic mass is 9.97. The van der Waals surface area contributed by atoms with E-state index < -0.39 is 5.97 Å². The number of hydrogen-bond acceptors (Lipinski definition) is 1. The highest BCUT2D eigenvalue weighted by atomic mass is 35.5. The average Bonchev–Trinajstić information content (AvgIpc) is 2.89. The highest BCUT2D eigenvalue weighted by Crippen LogP contribution is 2.34. The lowest BCUT2D eigenvalue weighted by Gasteiger charge is -2.17. The molecule has 0 bridgehead atoms. The molecule has 0 spiro atoms. The van der Waals surface area contributed by atoms with Crippen LogP contribution in [0, 0.1) is 5.82 Å². The first-order chi connectivity index (χ1) is 12.4. The Labute approximate surface area is 157 Å². The molecule has 1 atom stereocenters. The Balaban J connectivity index is 2.20. The lowest BCUT2D eigenvalue weighted by Crippen LogP contribution is -2.12. The minimum Gasteiger partial charge on any atom is -0.481 e. The van der Waals surface area contributed by atoms with Crippen molar-refractivity contribution >= 4 is 28.5 Å². The van der Waals surface area contributed by atoms with Crippen molar-refractivity contribution in [3.8, 4) is 0 Å². The number of rotatable bonds is 6. The van der Waals surface area contributed by atoms with Crippen molar-refractivity contribution < 1.29 is 14.3 Å². The number of aromatic nitrogens is 1. The van der Waals surface area contributed by atoms with Gasteiger partial charge in [0.2, 0.25) is 0 Å². The van der Waals surface area contributed by atoms with Crippen LogP contribution < -0.4 is 0 Å². The van der Waals surface area contributed by atoms with E-state index in [0.29, 0.717) is 18.0 Å². The number of fused-ring (bicyclic) bond motifs is 1. The van der Waals surface area contributed by atoms with Gasteiger partial charge in [0.15, 0.2) is 0 Å². The van der Waals surface area contributed by atoms with Gasteiger partial charge in [-0.05, 0) is 47.9 Å². The van der Waals surface area contributed by atoms with Crippen LogP contribution in [-0.4, -0.2) is 15.6 Å². The zero-order valence-electron chi connectivity index (χ0n) is 14.8. The molecule has 0 aliphatic heterocycles. The summed E-state index contributed by atoms with van der Waals surface area (Å²) in [7, 11) is 0. The lowest BCUT2D eigenvalue weighted by molar-refractivity contribution is -0.137. The molecule has 2 aromatic carbocycles. The first kappa shape index (κ1) is 18.5. The molecule has 0 saturated heterocycles. The Kier molecular flexibility index (Phi) is 5.33. The highest BCUT2D eigenvalue weighted by molar-refractivity contribution is 6.30. The van der Waals surface area contributed by atoms with Crippen LogP contribution in [0.25, 0.3) is 10.9 Å². The molecule has 0 aliphatic rings. The fourth-order valence-electron chi connectivity index (χ4n) is 3.65. The van der Waals surface area contributed by atoms with Crippen molar-refractivity contribution in [2.75, 3.05) is 0 Å². The molecule has 136 valence electrons. The smallest absolute Gasteiger partial charge is 0.304 e. The first-order valence-electron chi connectivity index (χ1n) is 8.67. The minimum atomic E-state index is -0.839. The average molecular weight is 374 g/mol. The maximum absolute atomic E-state index is 13.9. The normalized spacial score (nSPS) is 12.5. The molecule has 1 aromatic heterocycles. The van der Waals surface area contributed by atoms with Gasteiger partial charge in [-0.1, -0.05) is 37.6 Å². The quantitative estimate of drug-likeness (QED) is 0.609. The van der Waals surface area contributed by atoms with Gasteiger partial charge in [0.05, 0.1) is 6.42 Å². The summed E-state index contributed by atoms with van der Waals surface area (Å²) >= 11 is 5.98. The number of carboxylic acids is 1. The predicted octanol–water partition coefficient (Wildman–Crippen LogP) is 5.62. The summed E-state index contributed by atoms with van der Waals surface area (Å²) in [5, 5.41) is 10.8. The van der Waals surface area contributed by atoms with Gasteiger partial charge in [-0.2, -0.15) is 0 Å². The van der Waals surface area contributed by atoms with Gasteiger partial charge in [0.1, 0.15) is 5.82 Å². The van der Waals surface area contributed by atoms with E-state index in [0.717, 1.165) is 27.7 Å². The zero-order valence-corrected chi connectivity index (χ0v) is 15.6. The Morgan fingerprint density at radius 1 is 1.23 bits per heavy atom. The zero-order chi connectivity index (χ0) is 18.8. The third kappa shape index (κ3) is 3.61. The third-order valence-electron chi connectivity index (χ3n) is 4.73. The van der Waals surface area contributed by atoms with Crippen molar-refractivity contribution in [3.05, 3.63) is 70.1 Å². The second-order valence-electron chi connectivity index (χ2n) is 6.59. The van der Waals surface area contributed by atoms with E-state index in [9.17, 15) is 14.3 Å². The van der Waals surface area contributed by atoms with Gasteiger partial charge in [-0.3, -0.25) is 4.79 Å². The molecule has 1 heterocycles. The van der Waals surface area contributed by atoms with E-state index >= 15 is 0 Å². The summed E-state index contributed by atoms with van der Waals surface area (Å²) in [6.07, 6.45) is 0.749. The summed E-state index contributed by atoms with van der Waals surface area (Å²) in [5.41, 5.74) is 3.96. The number of aliphatic carboxylic acids is 1. The van der Waals surface area contributed by atoms with Crippen molar-refractivity contribution in [1.82, 2.24) is 4.57 Å². The maximum atomic E-state index is 13.9.